The Kier molecular flexibility index (Phi) is 6.31. The quantitative estimate of drug-likeness (QED) is 0.585. The summed E-state index contributed by atoms with van der Waals surface area (Å²) >= 11 is 1.63. The van der Waals surface area contributed by atoms with Crippen LogP contribution in [0.5, 0.6) is 0 Å². The van der Waals surface area contributed by atoms with Crippen molar-refractivity contribution in [3.8, 4) is 0 Å². The summed E-state index contributed by atoms with van der Waals surface area (Å²) in [6.07, 6.45) is 3.16. The Balaban J connectivity index is 1.49. The number of nitrogens with one attached hydrogen (secondary N) is 1. The van der Waals surface area contributed by atoms with E-state index in [0.717, 1.165) is 4.90 Å². The highest BCUT2D eigenvalue weighted by Gasteiger charge is 2.16. The highest BCUT2D eigenvalue weighted by Crippen LogP contribution is 2.19. The predicted molar refractivity (Wildman–Crippen MR) is 106 cm³/mol. The van der Waals surface area contributed by atoms with Gasteiger partial charge in [-0.05, 0) is 24.3 Å². The average Bonchev–Trinajstić information content (AvgIpc) is 3.14. The Bertz CT molecular complexity index is 987. The Morgan fingerprint density at radius 1 is 1.04 bits per heavy atom. The van der Waals surface area contributed by atoms with Crippen LogP contribution in [-0.2, 0) is 20.5 Å². The van der Waals surface area contributed by atoms with Crippen molar-refractivity contribution in [1.82, 2.24) is 9.78 Å². The number of carbonyl (C=O) groups excluding carboxylic acids is 1. The second kappa shape index (κ2) is 8.88. The number of amides is 1. The van der Waals surface area contributed by atoms with Crippen LogP contribution in [0.2, 0.25) is 0 Å². The van der Waals surface area contributed by atoms with Gasteiger partial charge in [-0.25, -0.2) is 8.42 Å². The molecule has 0 unspecified atom stereocenters. The molecule has 2 aromatic carbocycles. The van der Waals surface area contributed by atoms with Gasteiger partial charge in [0.05, 0.1) is 28.4 Å². The van der Waals surface area contributed by atoms with Crippen LogP contribution in [0.3, 0.4) is 0 Å². The Morgan fingerprint density at radius 2 is 1.70 bits per heavy atom. The molecular weight excluding hydrogens is 382 g/mol. The fraction of sp³-hybridized carbons (Fsp3) is 0.158. The fourth-order valence-corrected chi connectivity index (χ4v) is 4.39. The number of benzene rings is 2. The van der Waals surface area contributed by atoms with E-state index in [1.54, 1.807) is 47.0 Å². The van der Waals surface area contributed by atoms with Crippen LogP contribution in [0.25, 0.3) is 0 Å². The minimum atomic E-state index is -3.47. The lowest BCUT2D eigenvalue weighted by molar-refractivity contribution is -0.115. The monoisotopic (exact) mass is 401 g/mol. The topological polar surface area (TPSA) is 81.1 Å². The summed E-state index contributed by atoms with van der Waals surface area (Å²) in [7, 11) is -3.47. The van der Waals surface area contributed by atoms with Gasteiger partial charge in [-0.2, -0.15) is 5.10 Å². The summed E-state index contributed by atoms with van der Waals surface area (Å²) in [6.45, 7) is 0. The van der Waals surface area contributed by atoms with E-state index in [1.807, 2.05) is 30.3 Å². The van der Waals surface area contributed by atoms with Crippen molar-refractivity contribution < 1.29 is 13.2 Å². The summed E-state index contributed by atoms with van der Waals surface area (Å²) in [5, 5.41) is 6.89. The molecule has 140 valence electrons. The molecule has 0 aliphatic heterocycles. The van der Waals surface area contributed by atoms with Crippen LogP contribution in [-0.4, -0.2) is 29.9 Å². The largest absolute Gasteiger partial charge is 0.323 e. The van der Waals surface area contributed by atoms with Crippen LogP contribution in [0, 0.1) is 0 Å². The highest BCUT2D eigenvalue weighted by molar-refractivity contribution is 7.98. The molecule has 8 heteroatoms. The van der Waals surface area contributed by atoms with Crippen molar-refractivity contribution in [1.29, 1.82) is 0 Å². The lowest BCUT2D eigenvalue weighted by Crippen LogP contribution is -2.17. The summed E-state index contributed by atoms with van der Waals surface area (Å²) < 4.78 is 26.1. The van der Waals surface area contributed by atoms with Gasteiger partial charge in [0.15, 0.2) is 9.84 Å². The summed E-state index contributed by atoms with van der Waals surface area (Å²) in [5.74, 6) is 0.0214. The maximum absolute atomic E-state index is 12.2. The number of thioether (sulfide) groups is 1. The molecule has 0 saturated carbocycles. The van der Waals surface area contributed by atoms with Crippen LogP contribution < -0.4 is 5.32 Å². The van der Waals surface area contributed by atoms with Crippen molar-refractivity contribution >= 4 is 33.2 Å². The molecule has 0 atom stereocenters. The molecular formula is C19H19N3O3S2. The first-order valence-electron chi connectivity index (χ1n) is 8.31. The SMILES string of the molecule is O=C(CCS(=O)(=O)c1ccccc1)Nc1cnn(CSc2ccccc2)c1. The Morgan fingerprint density at radius 3 is 2.41 bits per heavy atom. The van der Waals surface area contributed by atoms with E-state index in [9.17, 15) is 13.2 Å². The molecule has 0 fully saturated rings. The van der Waals surface area contributed by atoms with Gasteiger partial charge in [-0.1, -0.05) is 36.4 Å². The minimum absolute atomic E-state index is 0.110. The third-order valence-corrected chi connectivity index (χ3v) is 6.45. The zero-order chi connectivity index (χ0) is 19.1. The van der Waals surface area contributed by atoms with Gasteiger partial charge in [0.2, 0.25) is 5.91 Å². The lowest BCUT2D eigenvalue weighted by atomic mass is 10.4. The summed E-state index contributed by atoms with van der Waals surface area (Å²) in [6, 6.07) is 18.1. The molecule has 6 nitrogen and oxygen atoms in total. The van der Waals surface area contributed by atoms with Gasteiger partial charge in [0, 0.05) is 17.5 Å². The van der Waals surface area contributed by atoms with Gasteiger partial charge in [-0.15, -0.1) is 11.8 Å². The van der Waals surface area contributed by atoms with E-state index >= 15 is 0 Å². The van der Waals surface area contributed by atoms with Gasteiger partial charge in [-0.3, -0.25) is 9.48 Å². The number of sulfone groups is 1. The second-order valence-corrected chi connectivity index (χ2v) is 8.91. The molecule has 0 bridgehead atoms. The van der Waals surface area contributed by atoms with E-state index in [-0.39, 0.29) is 23.0 Å². The first-order chi connectivity index (χ1) is 13.0. The number of anilines is 1. The van der Waals surface area contributed by atoms with E-state index in [4.69, 9.17) is 0 Å². The third kappa shape index (κ3) is 5.70. The van der Waals surface area contributed by atoms with E-state index in [1.165, 1.54) is 12.1 Å². The number of aromatic nitrogens is 2. The van der Waals surface area contributed by atoms with Crippen molar-refractivity contribution in [2.24, 2.45) is 0 Å². The molecule has 3 rings (SSSR count). The molecule has 1 heterocycles. The highest BCUT2D eigenvalue weighted by atomic mass is 32.2. The average molecular weight is 402 g/mol. The molecule has 0 aliphatic rings. The summed E-state index contributed by atoms with van der Waals surface area (Å²) in [4.78, 5) is 13.4. The first kappa shape index (κ1) is 19.2. The standard InChI is InChI=1S/C19H19N3O3S2/c23-19(11-12-27(24,25)18-9-5-2-6-10-18)21-16-13-20-22(14-16)15-26-17-7-3-1-4-8-17/h1-10,13-14H,11-12,15H2,(H,21,23). The molecule has 3 aromatic rings. The van der Waals surface area contributed by atoms with Gasteiger partial charge >= 0.3 is 0 Å². The number of hydrogen-bond acceptors (Lipinski definition) is 5. The van der Waals surface area contributed by atoms with Crippen molar-refractivity contribution in [3.05, 3.63) is 73.1 Å². The van der Waals surface area contributed by atoms with Crippen LogP contribution in [0.4, 0.5) is 5.69 Å². The van der Waals surface area contributed by atoms with Gasteiger partial charge in [0.25, 0.3) is 0 Å². The van der Waals surface area contributed by atoms with Gasteiger partial charge in [0.1, 0.15) is 0 Å². The van der Waals surface area contributed by atoms with E-state index in [0.29, 0.717) is 11.6 Å². The molecule has 0 saturated heterocycles. The fourth-order valence-electron chi connectivity index (χ4n) is 2.35. The molecule has 0 radical (unpaired) electrons. The predicted octanol–water partition coefficient (Wildman–Crippen LogP) is 3.44. The molecule has 0 spiro atoms. The molecule has 1 N–H and O–H groups in total. The first-order valence-corrected chi connectivity index (χ1v) is 10.9. The molecule has 1 aromatic heterocycles. The third-order valence-electron chi connectivity index (χ3n) is 3.72. The maximum Gasteiger partial charge on any atom is 0.225 e. The number of hydrogen-bond donors (Lipinski definition) is 1. The molecule has 27 heavy (non-hydrogen) atoms. The van der Waals surface area contributed by atoms with E-state index < -0.39 is 9.84 Å². The van der Waals surface area contributed by atoms with Crippen LogP contribution in [0.15, 0.2) is 82.8 Å². The van der Waals surface area contributed by atoms with Crippen LogP contribution in [0.1, 0.15) is 6.42 Å². The van der Waals surface area contributed by atoms with Crippen molar-refractivity contribution in [3.63, 3.8) is 0 Å². The Labute approximate surface area is 162 Å². The Hall–Kier alpha value is -2.58. The van der Waals surface area contributed by atoms with E-state index in [2.05, 4.69) is 10.4 Å². The number of carbonyl (C=O) groups is 1. The normalized spacial score (nSPS) is 11.3. The smallest absolute Gasteiger partial charge is 0.225 e. The van der Waals surface area contributed by atoms with Crippen LogP contribution >= 0.6 is 11.8 Å². The van der Waals surface area contributed by atoms with Crippen molar-refractivity contribution in [2.45, 2.75) is 22.1 Å². The number of nitrogens with zero attached hydrogens (tertiary/aromatic N) is 2. The van der Waals surface area contributed by atoms with Crippen molar-refractivity contribution in [2.75, 3.05) is 11.1 Å². The van der Waals surface area contributed by atoms with Gasteiger partial charge < -0.3 is 5.32 Å². The number of rotatable bonds is 8. The zero-order valence-electron chi connectivity index (χ0n) is 14.5. The lowest BCUT2D eigenvalue weighted by Gasteiger charge is -2.05. The minimum Gasteiger partial charge on any atom is -0.323 e. The summed E-state index contributed by atoms with van der Waals surface area (Å²) in [5.41, 5.74) is 0.547. The molecule has 1 amide bonds. The molecule has 0 aliphatic carbocycles. The second-order valence-electron chi connectivity index (χ2n) is 5.79. The maximum atomic E-state index is 12.2. The zero-order valence-corrected chi connectivity index (χ0v) is 16.1.